The summed E-state index contributed by atoms with van der Waals surface area (Å²) in [6.07, 6.45) is -4.86. The Bertz CT molecular complexity index is 3300. The van der Waals surface area contributed by atoms with Crippen LogP contribution in [0.25, 0.3) is 11.1 Å². The molecule has 0 radical (unpaired) electrons. The van der Waals surface area contributed by atoms with Gasteiger partial charge in [-0.15, -0.1) is 15.3 Å². The van der Waals surface area contributed by atoms with Gasteiger partial charge in [0.25, 0.3) is 0 Å². The highest BCUT2D eigenvalue weighted by Crippen LogP contribution is 2.38. The highest BCUT2D eigenvalue weighted by molar-refractivity contribution is 5.89. The SMILES string of the molecule is CCN(CC)C(=O)Oc1cc(N=Nc2cccc(-c3cccc(N=Nc4cc(OC(=O)OC)c(NC(=O)OC)nc4N)c3)c2)c(N)nc1NC(=O)OCNc1nc(NC(=O)OCCOCCOCCOC)c(O)cc1N=Nc1ccccc1. The van der Waals surface area contributed by atoms with Gasteiger partial charge in [-0.25, -0.2) is 38.9 Å². The second-order valence-corrected chi connectivity index (χ2v) is 16.3. The van der Waals surface area contributed by atoms with Gasteiger partial charge in [0.1, 0.15) is 23.7 Å². The summed E-state index contributed by atoms with van der Waals surface area (Å²) in [5, 5.41) is 46.1. The van der Waals surface area contributed by atoms with E-state index in [0.717, 1.165) is 20.3 Å². The molecule has 83 heavy (non-hydrogen) atoms. The molecule has 3 aromatic heterocycles. The first-order valence-electron chi connectivity index (χ1n) is 24.9. The molecule has 0 aliphatic rings. The number of ether oxygens (including phenoxy) is 9. The number of amides is 4. The minimum Gasteiger partial charge on any atom is -0.504 e. The quantitative estimate of drug-likeness (QED) is 0.00872. The van der Waals surface area contributed by atoms with Crippen molar-refractivity contribution in [2.75, 3.05) is 114 Å². The van der Waals surface area contributed by atoms with Gasteiger partial charge in [-0.1, -0.05) is 42.5 Å². The van der Waals surface area contributed by atoms with Crippen LogP contribution in [0.15, 0.2) is 128 Å². The highest BCUT2D eigenvalue weighted by atomic mass is 16.7. The van der Waals surface area contributed by atoms with Crippen LogP contribution in [0.2, 0.25) is 0 Å². The first kappa shape index (κ1) is 61.6. The number of aromatic hydroxyl groups is 1. The van der Waals surface area contributed by atoms with Gasteiger partial charge in [0, 0.05) is 38.4 Å². The minimum atomic E-state index is -1.11. The first-order valence-corrected chi connectivity index (χ1v) is 24.9. The molecule has 6 rings (SSSR count). The summed E-state index contributed by atoms with van der Waals surface area (Å²) >= 11 is 0. The number of nitrogens with zero attached hydrogens (tertiary/aromatic N) is 10. The predicted octanol–water partition coefficient (Wildman–Crippen LogP) is 10.7. The predicted molar refractivity (Wildman–Crippen MR) is 299 cm³/mol. The Morgan fingerprint density at radius 3 is 1.63 bits per heavy atom. The smallest absolute Gasteiger partial charge is 0.504 e. The lowest BCUT2D eigenvalue weighted by Gasteiger charge is -2.19. The fourth-order valence-electron chi connectivity index (χ4n) is 6.62. The number of aromatic nitrogens is 3. The number of nitrogens with two attached hydrogens (primary N) is 2. The standard InChI is InChI=1S/C52H58N16O15/c1-6-68(7-2)51(73)82-40-28-36(65-63-34-17-11-13-31(25-34)32-14-12-18-35(26-32)64-66-37-29-41(83-52(74)77-5)47(57-43(37)54)60-48(70)76-4)42(53)56-46(40)61-50(72)81-30-55-44-38(67-62-33-15-9-8-10-16-33)27-39(69)45(58-44)59-49(71)80-24-23-79-22-21-78-20-19-75-3/h8-18,25-29,69H,6-7,19-24,30H2,1-5H3,(H3,53,56,61,72)(H3,54,57,60,70)(H2,55,58,59,71). The van der Waals surface area contributed by atoms with Crippen LogP contribution < -0.4 is 42.2 Å². The molecule has 0 aliphatic carbocycles. The lowest BCUT2D eigenvalue weighted by Crippen LogP contribution is -2.33. The van der Waals surface area contributed by atoms with E-state index in [-0.39, 0.29) is 96.4 Å². The number of carbonyl (C=O) groups is 5. The third kappa shape index (κ3) is 19.3. The molecule has 3 aromatic carbocycles. The van der Waals surface area contributed by atoms with E-state index in [2.05, 4.69) is 76.4 Å². The number of benzene rings is 3. The van der Waals surface area contributed by atoms with Gasteiger partial charge >= 0.3 is 30.5 Å². The molecule has 3 heterocycles. The molecule has 0 fully saturated rings. The van der Waals surface area contributed by atoms with Crippen molar-refractivity contribution in [1.82, 2.24) is 19.9 Å². The fraction of sp³-hybridized carbons (Fsp3) is 0.269. The molecule has 0 atom stereocenters. The van der Waals surface area contributed by atoms with E-state index in [1.54, 1.807) is 87.7 Å². The number of nitrogen functional groups attached to an aromatic ring is 2. The van der Waals surface area contributed by atoms with Crippen LogP contribution in [0, 0.1) is 0 Å². The van der Waals surface area contributed by atoms with Crippen molar-refractivity contribution in [2.24, 2.45) is 30.7 Å². The van der Waals surface area contributed by atoms with Crippen molar-refractivity contribution in [3.8, 4) is 28.4 Å². The van der Waals surface area contributed by atoms with Crippen LogP contribution >= 0.6 is 0 Å². The number of anilines is 6. The molecule has 31 nitrogen and oxygen atoms in total. The van der Waals surface area contributed by atoms with Crippen molar-refractivity contribution in [3.05, 3.63) is 97.1 Å². The van der Waals surface area contributed by atoms with Gasteiger partial charge in [-0.2, -0.15) is 15.3 Å². The molecule has 0 aliphatic heterocycles. The van der Waals surface area contributed by atoms with Crippen molar-refractivity contribution in [3.63, 3.8) is 0 Å². The van der Waals surface area contributed by atoms with Gasteiger partial charge in [0.2, 0.25) is 0 Å². The Labute approximate surface area is 473 Å². The third-order valence-electron chi connectivity index (χ3n) is 10.7. The number of methoxy groups -OCH3 is 3. The fourth-order valence-corrected chi connectivity index (χ4v) is 6.62. The number of rotatable bonds is 26. The molecular formula is C52H58N16O15. The third-order valence-corrected chi connectivity index (χ3v) is 10.7. The first-order chi connectivity index (χ1) is 40.2. The number of hydrogen-bond donors (Lipinski definition) is 7. The topological polar surface area (TPSA) is 405 Å². The van der Waals surface area contributed by atoms with Crippen LogP contribution in [-0.2, 0) is 33.2 Å². The summed E-state index contributed by atoms with van der Waals surface area (Å²) in [5.41, 5.74) is 14.9. The van der Waals surface area contributed by atoms with Crippen molar-refractivity contribution < 1.29 is 71.7 Å². The molecule has 0 saturated carbocycles. The van der Waals surface area contributed by atoms with Gasteiger partial charge in [-0.3, -0.25) is 16.0 Å². The van der Waals surface area contributed by atoms with E-state index in [1.165, 1.54) is 17.0 Å². The van der Waals surface area contributed by atoms with Crippen LogP contribution in [0.3, 0.4) is 0 Å². The Morgan fingerprint density at radius 2 is 1.05 bits per heavy atom. The number of hydrogen-bond acceptors (Lipinski definition) is 27. The Balaban J connectivity index is 1.16. The lowest BCUT2D eigenvalue weighted by atomic mass is 10.0. The number of azo groups is 3. The number of carbonyl (C=O) groups excluding carboxylic acids is 5. The molecule has 4 amide bonds. The van der Waals surface area contributed by atoms with E-state index in [1.807, 2.05) is 12.1 Å². The van der Waals surface area contributed by atoms with Crippen molar-refractivity contribution in [1.29, 1.82) is 0 Å². The molecule has 0 spiro atoms. The van der Waals surface area contributed by atoms with Crippen LogP contribution in [0.5, 0.6) is 17.2 Å². The van der Waals surface area contributed by atoms with Gasteiger partial charge < -0.3 is 69.4 Å². The maximum atomic E-state index is 13.4. The monoisotopic (exact) mass is 1150 g/mol. The summed E-state index contributed by atoms with van der Waals surface area (Å²) in [5.74, 6) is -2.39. The molecule has 31 heteroatoms. The lowest BCUT2D eigenvalue weighted by molar-refractivity contribution is 0.0141. The zero-order chi connectivity index (χ0) is 59.5. The van der Waals surface area contributed by atoms with Crippen LogP contribution in [0.4, 0.5) is 93.0 Å². The molecule has 6 aromatic rings. The Hall–Kier alpha value is -10.7. The minimum absolute atomic E-state index is 0.00617. The number of pyridine rings is 3. The van der Waals surface area contributed by atoms with Crippen LogP contribution in [0.1, 0.15) is 13.8 Å². The maximum absolute atomic E-state index is 13.4. The molecule has 436 valence electrons. The zero-order valence-corrected chi connectivity index (χ0v) is 45.4. The summed E-state index contributed by atoms with van der Waals surface area (Å²) < 4.78 is 46.1. The zero-order valence-electron chi connectivity index (χ0n) is 45.4. The largest absolute Gasteiger partial charge is 0.513 e. The summed E-state index contributed by atoms with van der Waals surface area (Å²) in [6, 6.07) is 26.1. The highest BCUT2D eigenvalue weighted by Gasteiger charge is 2.22. The molecular weight excluding hydrogens is 1090 g/mol. The van der Waals surface area contributed by atoms with E-state index in [4.69, 9.17) is 44.6 Å². The summed E-state index contributed by atoms with van der Waals surface area (Å²) in [7, 11) is 3.79. The number of nitrogens with one attached hydrogen (secondary N) is 4. The van der Waals surface area contributed by atoms with E-state index in [0.29, 0.717) is 48.0 Å². The molecule has 0 saturated heterocycles. The van der Waals surface area contributed by atoms with Crippen molar-refractivity contribution >= 4 is 99.6 Å². The summed E-state index contributed by atoms with van der Waals surface area (Å²) in [4.78, 5) is 77.0. The molecule has 0 unspecified atom stereocenters. The molecule has 9 N–H and O–H groups in total. The maximum Gasteiger partial charge on any atom is 0.513 e. The van der Waals surface area contributed by atoms with Gasteiger partial charge in [-0.05, 0) is 61.4 Å². The summed E-state index contributed by atoms with van der Waals surface area (Å²) in [6.45, 7) is 4.84. The van der Waals surface area contributed by atoms with Crippen molar-refractivity contribution in [2.45, 2.75) is 13.8 Å². The average molecular weight is 1150 g/mol. The van der Waals surface area contributed by atoms with Gasteiger partial charge in [0.05, 0.1) is 64.3 Å². The second-order valence-electron chi connectivity index (χ2n) is 16.3. The Kier molecular flexibility index (Phi) is 23.6. The van der Waals surface area contributed by atoms with Crippen LogP contribution in [-0.4, -0.2) is 136 Å². The Morgan fingerprint density at radius 1 is 0.530 bits per heavy atom. The normalized spacial score (nSPS) is 11.0. The van der Waals surface area contributed by atoms with E-state index < -0.39 is 43.0 Å². The van der Waals surface area contributed by atoms with E-state index >= 15 is 0 Å². The van der Waals surface area contributed by atoms with E-state index in [9.17, 15) is 29.1 Å². The van der Waals surface area contributed by atoms with Gasteiger partial charge in [0.15, 0.2) is 58.9 Å². The average Bonchev–Trinajstić information content (AvgIpc) is 3.58. The molecule has 0 bridgehead atoms. The second kappa shape index (κ2) is 31.8.